The molecule has 12 saturated carbocycles. The summed E-state index contributed by atoms with van der Waals surface area (Å²) in [6.07, 6.45) is 28.8. The number of hydrogen-bond acceptors (Lipinski definition) is 4. The summed E-state index contributed by atoms with van der Waals surface area (Å²) >= 11 is 0. The molecule has 5 heteroatoms. The van der Waals surface area contributed by atoms with Gasteiger partial charge in [0.2, 0.25) is 0 Å². The first-order valence-electron chi connectivity index (χ1n) is 19.8. The first kappa shape index (κ1) is 30.1. The minimum Gasteiger partial charge on any atom is -0.373 e. The molecule has 12 bridgehead atoms. The van der Waals surface area contributed by atoms with Gasteiger partial charge in [-0.1, -0.05) is 0 Å². The molecule has 12 fully saturated rings. The van der Waals surface area contributed by atoms with Crippen molar-refractivity contribution in [2.24, 2.45) is 69.5 Å². The summed E-state index contributed by atoms with van der Waals surface area (Å²) in [4.78, 5) is 2.35. The van der Waals surface area contributed by atoms with E-state index >= 15 is 0 Å². The van der Waals surface area contributed by atoms with Crippen LogP contribution >= 0.6 is 0 Å². The van der Waals surface area contributed by atoms with Crippen molar-refractivity contribution >= 4 is 8.80 Å². The lowest BCUT2D eigenvalue weighted by molar-refractivity contribution is -0.120. The molecule has 0 aromatic heterocycles. The Morgan fingerprint density at radius 2 is 0.727 bits per heavy atom. The van der Waals surface area contributed by atoms with E-state index in [0.29, 0.717) is 16.2 Å². The van der Waals surface area contributed by atoms with Crippen molar-refractivity contribution in [1.29, 1.82) is 0 Å². The molecular weight excluding hydrogens is 559 g/mol. The molecule has 44 heavy (non-hydrogen) atoms. The van der Waals surface area contributed by atoms with Gasteiger partial charge < -0.3 is 18.2 Å². The zero-order chi connectivity index (χ0) is 29.6. The van der Waals surface area contributed by atoms with Crippen LogP contribution in [-0.2, 0) is 13.3 Å². The minimum absolute atomic E-state index is 0.421. The Balaban J connectivity index is 0.972. The molecule has 0 heterocycles. The second-order valence-corrected chi connectivity index (χ2v) is 22.8. The molecule has 0 aliphatic heterocycles. The monoisotopic (exact) mass is 623 g/mol. The van der Waals surface area contributed by atoms with Crippen molar-refractivity contribution in [3.05, 3.63) is 0 Å². The van der Waals surface area contributed by atoms with Crippen molar-refractivity contribution in [2.45, 2.75) is 134 Å². The van der Waals surface area contributed by atoms with Crippen molar-refractivity contribution < 1.29 is 13.3 Å². The van der Waals surface area contributed by atoms with Gasteiger partial charge in [-0.05, 0) is 219 Å². The fourth-order valence-corrected chi connectivity index (χ4v) is 18.2. The van der Waals surface area contributed by atoms with E-state index in [2.05, 4.69) is 19.0 Å². The minimum atomic E-state index is -2.84. The van der Waals surface area contributed by atoms with E-state index in [9.17, 15) is 0 Å². The number of nitrogens with zero attached hydrogens (tertiary/aromatic N) is 1. The maximum atomic E-state index is 7.53. The van der Waals surface area contributed by atoms with Crippen LogP contribution in [0.3, 0.4) is 0 Å². The third-order valence-corrected chi connectivity index (χ3v) is 18.3. The molecule has 12 aliphatic carbocycles. The Labute approximate surface area is 270 Å². The largest absolute Gasteiger partial charge is 0.501 e. The predicted molar refractivity (Wildman–Crippen MR) is 178 cm³/mol. The molecule has 0 saturated heterocycles. The molecule has 0 atom stereocenters. The molecule has 12 aliphatic rings. The van der Waals surface area contributed by atoms with Crippen LogP contribution in [0.25, 0.3) is 0 Å². The molecule has 0 spiro atoms. The number of rotatable bonds is 14. The van der Waals surface area contributed by atoms with Gasteiger partial charge in [0.05, 0.1) is 0 Å². The zero-order valence-corrected chi connectivity index (χ0v) is 29.5. The van der Waals surface area contributed by atoms with Crippen LogP contribution in [-0.4, -0.2) is 54.2 Å². The summed E-state index contributed by atoms with van der Waals surface area (Å²) in [6, 6.07) is 1.05. The van der Waals surface area contributed by atoms with E-state index < -0.39 is 8.80 Å². The van der Waals surface area contributed by atoms with Gasteiger partial charge in [0.15, 0.2) is 0 Å². The standard InChI is InChI=1S/C39H65NO3Si/c1-40(2)5-3-4-6-44(41-25-37-16-28-7-29(17-37)9-30(8-28)18-37,42-26-38-19-31-10-32(20-38)12-33(11-31)21-38)43-27-39-22-34-13-35(23-39)15-36(14-34)24-39/h28-36H,3-27H2,1-2H3. The maximum Gasteiger partial charge on any atom is 0.501 e. The molecule has 0 aromatic rings. The highest BCUT2D eigenvalue weighted by atomic mass is 28.4. The topological polar surface area (TPSA) is 30.9 Å². The smallest absolute Gasteiger partial charge is 0.373 e. The van der Waals surface area contributed by atoms with E-state index in [1.54, 1.807) is 0 Å². The Morgan fingerprint density at radius 1 is 0.455 bits per heavy atom. The van der Waals surface area contributed by atoms with Gasteiger partial charge in [-0.25, -0.2) is 0 Å². The molecule has 12 rings (SSSR count). The average Bonchev–Trinajstić information content (AvgIpc) is 2.94. The summed E-state index contributed by atoms with van der Waals surface area (Å²) in [5.41, 5.74) is 1.26. The van der Waals surface area contributed by atoms with Crippen LogP contribution in [0.2, 0.25) is 6.04 Å². The fraction of sp³-hybridized carbons (Fsp3) is 1.00. The van der Waals surface area contributed by atoms with E-state index in [-0.39, 0.29) is 0 Å². The number of unbranched alkanes of at least 4 members (excludes halogenated alkanes) is 1. The molecular formula is C39H65NO3Si. The van der Waals surface area contributed by atoms with Crippen LogP contribution in [0.15, 0.2) is 0 Å². The second kappa shape index (κ2) is 11.3. The molecule has 0 aromatic carbocycles. The van der Waals surface area contributed by atoms with Gasteiger partial charge >= 0.3 is 8.80 Å². The zero-order valence-electron chi connectivity index (χ0n) is 28.5. The van der Waals surface area contributed by atoms with Crippen LogP contribution < -0.4 is 0 Å². The summed E-state index contributed by atoms with van der Waals surface area (Å²) in [7, 11) is 1.60. The Hall–Kier alpha value is 0.0569. The third-order valence-electron chi connectivity index (χ3n) is 15.6. The van der Waals surface area contributed by atoms with Crippen LogP contribution in [0.4, 0.5) is 0 Å². The van der Waals surface area contributed by atoms with Gasteiger partial charge in [-0.3, -0.25) is 0 Å². The van der Waals surface area contributed by atoms with Gasteiger partial charge in [-0.15, -0.1) is 0 Å². The second-order valence-electron chi connectivity index (χ2n) is 20.1. The molecule has 0 radical (unpaired) electrons. The molecule has 4 nitrogen and oxygen atoms in total. The SMILES string of the molecule is CN(C)CCCC[Si](OCC12CC3CC(CC(C3)C1)C2)(OCC12CC3CC(CC(C3)C1)C2)OCC12CC3CC(CC(C3)C1)C2. The van der Waals surface area contributed by atoms with Gasteiger partial charge in [0, 0.05) is 25.9 Å². The highest BCUT2D eigenvalue weighted by Gasteiger charge is 2.57. The highest BCUT2D eigenvalue weighted by Crippen LogP contribution is 2.63. The van der Waals surface area contributed by atoms with Crippen molar-refractivity contribution in [2.75, 3.05) is 40.5 Å². The van der Waals surface area contributed by atoms with Gasteiger partial charge in [0.1, 0.15) is 0 Å². The fourth-order valence-electron chi connectivity index (χ4n) is 15.3. The average molecular weight is 624 g/mol. The first-order chi connectivity index (χ1) is 21.2. The highest BCUT2D eigenvalue weighted by molar-refractivity contribution is 6.60. The summed E-state index contributed by atoms with van der Waals surface area (Å²) in [5, 5.41) is 0. The van der Waals surface area contributed by atoms with Crippen LogP contribution in [0, 0.1) is 69.5 Å². The first-order valence-corrected chi connectivity index (χ1v) is 21.7. The van der Waals surface area contributed by atoms with E-state index in [0.717, 1.165) is 85.7 Å². The maximum absolute atomic E-state index is 7.53. The normalized spacial score (nSPS) is 50.7. The van der Waals surface area contributed by atoms with Crippen molar-refractivity contribution in [1.82, 2.24) is 4.90 Å². The van der Waals surface area contributed by atoms with Crippen LogP contribution in [0.1, 0.15) is 128 Å². The lowest BCUT2D eigenvalue weighted by Gasteiger charge is -2.58. The molecule has 248 valence electrons. The molecule has 0 amide bonds. The van der Waals surface area contributed by atoms with E-state index in [1.165, 1.54) is 128 Å². The lowest BCUT2D eigenvalue weighted by Crippen LogP contribution is -2.57. The summed E-state index contributed by atoms with van der Waals surface area (Å²) < 4.78 is 22.6. The predicted octanol–water partition coefficient (Wildman–Crippen LogP) is 8.97. The Bertz CT molecular complexity index is 833. The third kappa shape index (κ3) is 5.85. The molecule has 0 unspecified atom stereocenters. The van der Waals surface area contributed by atoms with Gasteiger partial charge in [0.25, 0.3) is 0 Å². The van der Waals surface area contributed by atoms with Gasteiger partial charge in [-0.2, -0.15) is 0 Å². The summed E-state index contributed by atoms with van der Waals surface area (Å²) in [5.74, 6) is 8.77. The van der Waals surface area contributed by atoms with E-state index in [4.69, 9.17) is 13.3 Å². The van der Waals surface area contributed by atoms with Crippen molar-refractivity contribution in [3.63, 3.8) is 0 Å². The van der Waals surface area contributed by atoms with Crippen molar-refractivity contribution in [3.8, 4) is 0 Å². The Morgan fingerprint density at radius 3 is 0.977 bits per heavy atom. The Kier molecular flexibility index (Phi) is 7.75. The summed E-state index contributed by atoms with van der Waals surface area (Å²) in [6.45, 7) is 3.98. The molecule has 0 N–H and O–H groups in total. The number of hydrogen-bond donors (Lipinski definition) is 0. The quantitative estimate of drug-likeness (QED) is 0.143. The van der Waals surface area contributed by atoms with Crippen LogP contribution in [0.5, 0.6) is 0 Å². The lowest BCUT2D eigenvalue weighted by atomic mass is 9.50. The van der Waals surface area contributed by atoms with E-state index in [1.807, 2.05) is 0 Å².